The molecule has 0 unspecified atom stereocenters. The van der Waals surface area contributed by atoms with Crippen molar-refractivity contribution in [3.8, 4) is 5.69 Å². The Kier molecular flexibility index (Phi) is 4.34. The summed E-state index contributed by atoms with van der Waals surface area (Å²) in [5.41, 5.74) is 4.89. The molecule has 0 saturated carbocycles. The lowest BCUT2D eigenvalue weighted by Crippen LogP contribution is -2.10. The summed E-state index contributed by atoms with van der Waals surface area (Å²) < 4.78 is 1.73. The SMILES string of the molecule is Cc1ccc(-n2ncc3c(=O)[nH]c(SCc4ccccc4)nc32)cc1C. The summed E-state index contributed by atoms with van der Waals surface area (Å²) in [5.74, 6) is 0.743. The Morgan fingerprint density at radius 2 is 1.88 bits per heavy atom. The summed E-state index contributed by atoms with van der Waals surface area (Å²) in [6.07, 6.45) is 1.57. The number of aromatic nitrogens is 4. The molecule has 0 saturated heterocycles. The second-order valence-corrected chi connectivity index (χ2v) is 7.17. The summed E-state index contributed by atoms with van der Waals surface area (Å²) in [7, 11) is 0. The molecule has 6 heteroatoms. The summed E-state index contributed by atoms with van der Waals surface area (Å²) >= 11 is 1.51. The second kappa shape index (κ2) is 6.80. The van der Waals surface area contributed by atoms with Crippen molar-refractivity contribution in [2.75, 3.05) is 0 Å². The van der Waals surface area contributed by atoms with Crippen molar-refractivity contribution in [2.24, 2.45) is 0 Å². The first-order valence-electron chi connectivity index (χ1n) is 8.34. The molecule has 0 aliphatic heterocycles. The van der Waals surface area contributed by atoms with Gasteiger partial charge < -0.3 is 4.98 Å². The smallest absolute Gasteiger partial charge is 0.262 e. The van der Waals surface area contributed by atoms with Gasteiger partial charge in [0.2, 0.25) is 0 Å². The number of benzene rings is 2. The highest BCUT2D eigenvalue weighted by Gasteiger charge is 2.12. The van der Waals surface area contributed by atoms with Crippen molar-refractivity contribution >= 4 is 22.8 Å². The normalized spacial score (nSPS) is 11.2. The predicted octanol–water partition coefficient (Wildman–Crippen LogP) is 4.02. The molecule has 2 aromatic carbocycles. The van der Waals surface area contributed by atoms with Gasteiger partial charge in [-0.25, -0.2) is 9.67 Å². The minimum atomic E-state index is -0.166. The molecular formula is C20H18N4OS. The molecule has 130 valence electrons. The van der Waals surface area contributed by atoms with Gasteiger partial charge in [0, 0.05) is 5.75 Å². The van der Waals surface area contributed by atoms with Crippen LogP contribution >= 0.6 is 11.8 Å². The number of nitrogens with zero attached hydrogens (tertiary/aromatic N) is 3. The van der Waals surface area contributed by atoms with Crippen molar-refractivity contribution in [3.05, 3.63) is 81.8 Å². The molecule has 0 bridgehead atoms. The van der Waals surface area contributed by atoms with Crippen LogP contribution in [-0.2, 0) is 5.75 Å². The molecule has 2 heterocycles. The standard InChI is InChI=1S/C20H18N4OS/c1-13-8-9-16(10-14(13)2)24-18-17(11-21-24)19(25)23-20(22-18)26-12-15-6-4-3-5-7-15/h3-11H,12H2,1-2H3,(H,22,23,25). The van der Waals surface area contributed by atoms with Gasteiger partial charge in [0.25, 0.3) is 5.56 Å². The molecule has 0 atom stereocenters. The van der Waals surface area contributed by atoms with E-state index in [0.717, 1.165) is 11.4 Å². The topological polar surface area (TPSA) is 63.6 Å². The van der Waals surface area contributed by atoms with Crippen LogP contribution in [0.1, 0.15) is 16.7 Å². The van der Waals surface area contributed by atoms with Gasteiger partial charge in [0.1, 0.15) is 5.39 Å². The first kappa shape index (κ1) is 16.6. The summed E-state index contributed by atoms with van der Waals surface area (Å²) in [6.45, 7) is 4.13. The molecule has 0 radical (unpaired) electrons. The van der Waals surface area contributed by atoms with Gasteiger partial charge in [0.05, 0.1) is 11.9 Å². The molecule has 5 nitrogen and oxygen atoms in total. The number of aromatic amines is 1. The monoisotopic (exact) mass is 362 g/mol. The Morgan fingerprint density at radius 1 is 1.08 bits per heavy atom. The van der Waals surface area contributed by atoms with Gasteiger partial charge >= 0.3 is 0 Å². The average molecular weight is 362 g/mol. The van der Waals surface area contributed by atoms with E-state index in [9.17, 15) is 4.79 Å². The first-order valence-corrected chi connectivity index (χ1v) is 9.33. The van der Waals surface area contributed by atoms with Crippen LogP contribution in [0.3, 0.4) is 0 Å². The summed E-state index contributed by atoms with van der Waals surface area (Å²) in [4.78, 5) is 19.9. The zero-order chi connectivity index (χ0) is 18.1. The van der Waals surface area contributed by atoms with E-state index in [1.165, 1.54) is 28.5 Å². The molecule has 4 aromatic rings. The number of hydrogen-bond acceptors (Lipinski definition) is 4. The Labute approximate surface area is 155 Å². The zero-order valence-electron chi connectivity index (χ0n) is 14.6. The molecule has 2 aromatic heterocycles. The van der Waals surface area contributed by atoms with Gasteiger partial charge in [-0.15, -0.1) is 0 Å². The minimum absolute atomic E-state index is 0.166. The number of nitrogens with one attached hydrogen (secondary N) is 1. The maximum absolute atomic E-state index is 12.4. The van der Waals surface area contributed by atoms with Gasteiger partial charge in [0.15, 0.2) is 10.8 Å². The number of thioether (sulfide) groups is 1. The molecule has 0 aliphatic carbocycles. The van der Waals surface area contributed by atoms with E-state index in [4.69, 9.17) is 0 Å². The average Bonchev–Trinajstić information content (AvgIpc) is 3.08. The molecule has 4 rings (SSSR count). The van der Waals surface area contributed by atoms with Crippen LogP contribution in [-0.4, -0.2) is 19.7 Å². The molecule has 0 aliphatic rings. The van der Waals surface area contributed by atoms with Crippen molar-refractivity contribution in [2.45, 2.75) is 24.8 Å². The Balaban J connectivity index is 1.73. The molecule has 1 N–H and O–H groups in total. The van der Waals surface area contributed by atoms with Crippen molar-refractivity contribution < 1.29 is 0 Å². The van der Waals surface area contributed by atoms with Crippen LogP contribution in [0.4, 0.5) is 0 Å². The molecule has 0 fully saturated rings. The van der Waals surface area contributed by atoms with Crippen molar-refractivity contribution in [1.82, 2.24) is 19.7 Å². The van der Waals surface area contributed by atoms with E-state index in [1.807, 2.05) is 24.3 Å². The lowest BCUT2D eigenvalue weighted by atomic mass is 10.1. The van der Waals surface area contributed by atoms with Gasteiger partial charge in [-0.2, -0.15) is 5.10 Å². The van der Waals surface area contributed by atoms with Gasteiger partial charge in [-0.1, -0.05) is 48.2 Å². The predicted molar refractivity (Wildman–Crippen MR) is 105 cm³/mol. The second-order valence-electron chi connectivity index (χ2n) is 6.21. The molecule has 0 spiro atoms. The minimum Gasteiger partial charge on any atom is -0.301 e. The maximum Gasteiger partial charge on any atom is 0.262 e. The fraction of sp³-hybridized carbons (Fsp3) is 0.150. The van der Waals surface area contributed by atoms with E-state index in [-0.39, 0.29) is 5.56 Å². The number of aryl methyl sites for hydroxylation is 2. The lowest BCUT2D eigenvalue weighted by Gasteiger charge is -2.07. The third kappa shape index (κ3) is 3.15. The molecule has 26 heavy (non-hydrogen) atoms. The maximum atomic E-state index is 12.4. The third-order valence-corrected chi connectivity index (χ3v) is 5.31. The van der Waals surface area contributed by atoms with Crippen LogP contribution in [0.25, 0.3) is 16.7 Å². The largest absolute Gasteiger partial charge is 0.301 e. The van der Waals surface area contributed by atoms with Gasteiger partial charge in [-0.05, 0) is 42.7 Å². The quantitative estimate of drug-likeness (QED) is 0.440. The Morgan fingerprint density at radius 3 is 2.65 bits per heavy atom. The van der Waals surface area contributed by atoms with Crippen LogP contribution in [0.15, 0.2) is 64.7 Å². The van der Waals surface area contributed by atoms with E-state index in [1.54, 1.807) is 10.9 Å². The number of H-pyrrole nitrogens is 1. The van der Waals surface area contributed by atoms with Crippen molar-refractivity contribution in [3.63, 3.8) is 0 Å². The fourth-order valence-corrected chi connectivity index (χ4v) is 3.55. The highest BCUT2D eigenvalue weighted by Crippen LogP contribution is 2.22. The molecular weight excluding hydrogens is 344 g/mol. The van der Waals surface area contributed by atoms with Crippen LogP contribution < -0.4 is 5.56 Å². The third-order valence-electron chi connectivity index (χ3n) is 4.37. The van der Waals surface area contributed by atoms with Gasteiger partial charge in [-0.3, -0.25) is 4.79 Å². The summed E-state index contributed by atoms with van der Waals surface area (Å²) in [5, 5.41) is 5.47. The lowest BCUT2D eigenvalue weighted by molar-refractivity contribution is 0.871. The summed E-state index contributed by atoms with van der Waals surface area (Å²) in [6, 6.07) is 16.2. The number of hydrogen-bond donors (Lipinski definition) is 1. The zero-order valence-corrected chi connectivity index (χ0v) is 15.4. The Hall–Kier alpha value is -2.86. The highest BCUT2D eigenvalue weighted by atomic mass is 32.2. The Bertz CT molecular complexity index is 1130. The number of fused-ring (bicyclic) bond motifs is 1. The van der Waals surface area contributed by atoms with E-state index in [0.29, 0.717) is 16.2 Å². The first-order chi connectivity index (χ1) is 12.6. The van der Waals surface area contributed by atoms with Crippen LogP contribution in [0, 0.1) is 13.8 Å². The highest BCUT2D eigenvalue weighted by molar-refractivity contribution is 7.98. The van der Waals surface area contributed by atoms with E-state index < -0.39 is 0 Å². The molecule has 0 amide bonds. The van der Waals surface area contributed by atoms with Crippen LogP contribution in [0.2, 0.25) is 0 Å². The fourth-order valence-electron chi connectivity index (χ4n) is 2.74. The van der Waals surface area contributed by atoms with E-state index in [2.05, 4.69) is 53.2 Å². The van der Waals surface area contributed by atoms with Crippen LogP contribution in [0.5, 0.6) is 0 Å². The van der Waals surface area contributed by atoms with E-state index >= 15 is 0 Å². The number of rotatable bonds is 4. The van der Waals surface area contributed by atoms with Crippen molar-refractivity contribution in [1.29, 1.82) is 0 Å².